The quantitative estimate of drug-likeness (QED) is 0.140. The number of amides is 2. The summed E-state index contributed by atoms with van der Waals surface area (Å²) in [6.07, 6.45) is 9.69. The minimum absolute atomic E-state index is 0.00620. The van der Waals surface area contributed by atoms with Crippen molar-refractivity contribution in [1.29, 1.82) is 0 Å². The van der Waals surface area contributed by atoms with E-state index in [0.717, 1.165) is 18.4 Å². The normalized spacial score (nSPS) is 34.5. The lowest BCUT2D eigenvalue weighted by molar-refractivity contribution is -0.145. The molecule has 9 unspecified atom stereocenters. The van der Waals surface area contributed by atoms with Crippen molar-refractivity contribution in [1.82, 2.24) is 10.6 Å². The number of carbonyl (C=O) groups excluding carboxylic acids is 3. The molecule has 230 valence electrons. The molecule has 0 aromatic rings. The van der Waals surface area contributed by atoms with Crippen LogP contribution in [0.4, 0.5) is 0 Å². The highest BCUT2D eigenvalue weighted by Crippen LogP contribution is 2.43. The van der Waals surface area contributed by atoms with E-state index in [9.17, 15) is 19.5 Å². The van der Waals surface area contributed by atoms with Gasteiger partial charge < -0.3 is 34.7 Å². The van der Waals surface area contributed by atoms with Crippen LogP contribution in [0.2, 0.25) is 0 Å². The monoisotopic (exact) mass is 576 g/mol. The SMILES string of the molecule is CCCNC(=O)CC1CC2(CO2)C(O)C(C=CC(C)=CCC2OC(C)C(NC(=O)C=CC(C)OC(C)=O)CC2C)O1. The van der Waals surface area contributed by atoms with E-state index in [-0.39, 0.29) is 48.5 Å². The first-order valence-corrected chi connectivity index (χ1v) is 14.8. The van der Waals surface area contributed by atoms with Gasteiger partial charge in [0, 0.05) is 26.0 Å². The zero-order chi connectivity index (χ0) is 30.2. The van der Waals surface area contributed by atoms with Gasteiger partial charge >= 0.3 is 5.97 Å². The van der Waals surface area contributed by atoms with E-state index in [2.05, 4.69) is 23.6 Å². The molecule has 1 spiro atoms. The number of rotatable bonds is 12. The van der Waals surface area contributed by atoms with Crippen LogP contribution in [0, 0.1) is 5.92 Å². The van der Waals surface area contributed by atoms with Gasteiger partial charge in [-0.1, -0.05) is 37.6 Å². The number of epoxide rings is 1. The first-order valence-electron chi connectivity index (χ1n) is 14.8. The highest BCUT2D eigenvalue weighted by Gasteiger charge is 2.58. The average molecular weight is 577 g/mol. The third kappa shape index (κ3) is 10.1. The number of carbonyl (C=O) groups is 3. The lowest BCUT2D eigenvalue weighted by Crippen LogP contribution is -2.50. The lowest BCUT2D eigenvalue weighted by atomic mass is 9.87. The Labute approximate surface area is 243 Å². The van der Waals surface area contributed by atoms with E-state index in [1.165, 1.54) is 13.0 Å². The van der Waals surface area contributed by atoms with Gasteiger partial charge in [-0.25, -0.2) is 0 Å². The van der Waals surface area contributed by atoms with E-state index >= 15 is 0 Å². The van der Waals surface area contributed by atoms with Gasteiger partial charge in [0.15, 0.2) is 0 Å². The molecule has 3 aliphatic rings. The predicted octanol–water partition coefficient (Wildman–Crippen LogP) is 2.89. The fraction of sp³-hybridized carbons (Fsp3) is 0.710. The molecule has 0 radical (unpaired) electrons. The fourth-order valence-corrected chi connectivity index (χ4v) is 5.43. The molecule has 0 aromatic heterocycles. The standard InChI is InChI=1S/C31H48N2O8/c1-7-14-32-29(36)16-24-17-31(18-38-31)30(37)27(41-24)12-9-19(2)8-11-26-20(3)15-25(22(5)40-26)33-28(35)13-10-21(4)39-23(6)34/h8-10,12-13,20-22,24-27,30,37H,7,11,14-18H2,1-6H3,(H,32,36)(H,33,35). The maximum Gasteiger partial charge on any atom is 0.303 e. The summed E-state index contributed by atoms with van der Waals surface area (Å²) in [7, 11) is 0. The number of nitrogens with one attached hydrogen (secondary N) is 2. The van der Waals surface area contributed by atoms with Gasteiger partial charge in [-0.15, -0.1) is 0 Å². The second-order valence-corrected chi connectivity index (χ2v) is 11.7. The van der Waals surface area contributed by atoms with Crippen molar-refractivity contribution < 1.29 is 38.4 Å². The van der Waals surface area contributed by atoms with Gasteiger partial charge in [-0.3, -0.25) is 14.4 Å². The van der Waals surface area contributed by atoms with Crippen LogP contribution in [0.1, 0.15) is 73.6 Å². The summed E-state index contributed by atoms with van der Waals surface area (Å²) in [5, 5.41) is 16.7. The number of aliphatic hydroxyl groups excluding tert-OH is 1. The van der Waals surface area contributed by atoms with Gasteiger partial charge in [0.25, 0.3) is 0 Å². The Morgan fingerprint density at radius 2 is 1.90 bits per heavy atom. The van der Waals surface area contributed by atoms with E-state index in [4.69, 9.17) is 18.9 Å². The molecular formula is C31H48N2O8. The molecule has 41 heavy (non-hydrogen) atoms. The Morgan fingerprint density at radius 3 is 2.56 bits per heavy atom. The molecular weight excluding hydrogens is 528 g/mol. The Kier molecular flexibility index (Phi) is 12.1. The highest BCUT2D eigenvalue weighted by atomic mass is 16.6. The van der Waals surface area contributed by atoms with Crippen molar-refractivity contribution in [2.45, 2.75) is 122 Å². The van der Waals surface area contributed by atoms with E-state index < -0.39 is 29.9 Å². The van der Waals surface area contributed by atoms with E-state index in [0.29, 0.717) is 26.0 Å². The van der Waals surface area contributed by atoms with Gasteiger partial charge in [0.05, 0.1) is 37.4 Å². The molecule has 0 bridgehead atoms. The van der Waals surface area contributed by atoms with Crippen LogP contribution in [0.3, 0.4) is 0 Å². The zero-order valence-corrected chi connectivity index (χ0v) is 25.3. The smallest absolute Gasteiger partial charge is 0.303 e. The lowest BCUT2D eigenvalue weighted by Gasteiger charge is -2.39. The number of ether oxygens (including phenoxy) is 4. The predicted molar refractivity (Wildman–Crippen MR) is 154 cm³/mol. The summed E-state index contributed by atoms with van der Waals surface area (Å²) in [4.78, 5) is 35.6. The van der Waals surface area contributed by atoms with Crippen LogP contribution < -0.4 is 10.6 Å². The van der Waals surface area contributed by atoms with Crippen LogP contribution in [-0.4, -0.2) is 84.3 Å². The molecule has 10 heteroatoms. The molecule has 9 atom stereocenters. The molecule has 3 aliphatic heterocycles. The van der Waals surface area contributed by atoms with Gasteiger partial charge in [0.2, 0.25) is 11.8 Å². The molecule has 3 fully saturated rings. The number of hydrogen-bond acceptors (Lipinski definition) is 8. The Bertz CT molecular complexity index is 1000. The number of esters is 1. The van der Waals surface area contributed by atoms with Crippen LogP contribution in [-0.2, 0) is 33.3 Å². The van der Waals surface area contributed by atoms with E-state index in [1.807, 2.05) is 32.9 Å². The molecule has 10 nitrogen and oxygen atoms in total. The number of aliphatic hydroxyl groups is 1. The molecule has 3 rings (SSSR count). The molecule has 3 N–H and O–H groups in total. The Balaban J connectivity index is 1.49. The molecule has 3 heterocycles. The Hall–Kier alpha value is -2.53. The largest absolute Gasteiger partial charge is 0.459 e. The molecule has 0 saturated carbocycles. The second-order valence-electron chi connectivity index (χ2n) is 11.7. The maximum atomic E-state index is 12.4. The van der Waals surface area contributed by atoms with Crippen molar-refractivity contribution >= 4 is 17.8 Å². The van der Waals surface area contributed by atoms with Gasteiger partial charge in [0.1, 0.15) is 23.9 Å². The molecule has 0 aliphatic carbocycles. The van der Waals surface area contributed by atoms with Crippen molar-refractivity contribution in [3.8, 4) is 0 Å². The number of hydrogen-bond donors (Lipinski definition) is 3. The number of allylic oxidation sites excluding steroid dienone is 2. The van der Waals surface area contributed by atoms with E-state index in [1.54, 1.807) is 13.0 Å². The molecule has 2 amide bonds. The van der Waals surface area contributed by atoms with Crippen molar-refractivity contribution in [3.63, 3.8) is 0 Å². The summed E-state index contributed by atoms with van der Waals surface area (Å²) in [5.41, 5.74) is 0.394. The molecule has 3 saturated heterocycles. The average Bonchev–Trinajstić information content (AvgIpc) is 3.68. The zero-order valence-electron chi connectivity index (χ0n) is 25.3. The van der Waals surface area contributed by atoms with Crippen molar-refractivity contribution in [2.24, 2.45) is 5.92 Å². The van der Waals surface area contributed by atoms with Crippen molar-refractivity contribution in [3.05, 3.63) is 36.0 Å². The minimum Gasteiger partial charge on any atom is -0.459 e. The topological polar surface area (TPSA) is 136 Å². The highest BCUT2D eigenvalue weighted by molar-refractivity contribution is 5.87. The summed E-state index contributed by atoms with van der Waals surface area (Å²) in [6, 6.07) is -0.119. The third-order valence-corrected chi connectivity index (χ3v) is 7.91. The third-order valence-electron chi connectivity index (χ3n) is 7.91. The maximum absolute atomic E-state index is 12.4. The summed E-state index contributed by atoms with van der Waals surface area (Å²) in [6.45, 7) is 12.2. The van der Waals surface area contributed by atoms with Crippen LogP contribution >= 0.6 is 0 Å². The summed E-state index contributed by atoms with van der Waals surface area (Å²) < 4.78 is 23.0. The second kappa shape index (κ2) is 15.1. The van der Waals surface area contributed by atoms with Crippen molar-refractivity contribution in [2.75, 3.05) is 13.2 Å². The van der Waals surface area contributed by atoms with Crippen LogP contribution in [0.15, 0.2) is 36.0 Å². The van der Waals surface area contributed by atoms with Gasteiger partial charge in [-0.2, -0.15) is 0 Å². The first-order chi connectivity index (χ1) is 19.4. The summed E-state index contributed by atoms with van der Waals surface area (Å²) >= 11 is 0. The van der Waals surface area contributed by atoms with Crippen LogP contribution in [0.5, 0.6) is 0 Å². The first kappa shape index (κ1) is 33.0. The summed E-state index contributed by atoms with van der Waals surface area (Å²) in [5.74, 6) is -0.463. The van der Waals surface area contributed by atoms with Crippen LogP contribution in [0.25, 0.3) is 0 Å². The fourth-order valence-electron chi connectivity index (χ4n) is 5.43. The minimum atomic E-state index is -0.782. The Morgan fingerprint density at radius 1 is 1.17 bits per heavy atom. The molecule has 0 aromatic carbocycles. The van der Waals surface area contributed by atoms with Gasteiger partial charge in [-0.05, 0) is 52.0 Å².